The number of carbonyl (C=O) groups is 1. The molecule has 21 heavy (non-hydrogen) atoms. The Balaban J connectivity index is 2.03. The first-order valence-corrected chi connectivity index (χ1v) is 6.85. The third-order valence-corrected chi connectivity index (χ3v) is 3.35. The van der Waals surface area contributed by atoms with E-state index in [-0.39, 0.29) is 11.8 Å². The minimum absolute atomic E-state index is 0.345. The van der Waals surface area contributed by atoms with Crippen molar-refractivity contribution in [2.45, 2.75) is 19.4 Å². The Bertz CT molecular complexity index is 624. The Hall–Kier alpha value is -2.07. The van der Waals surface area contributed by atoms with Crippen LogP contribution in [0.1, 0.15) is 19.4 Å². The molecule has 0 spiro atoms. The SMILES string of the molecule is CC(C)(NC(=O)Nc1ccc(F)cc1)c1ccc(Cl)cc1. The van der Waals surface area contributed by atoms with Crippen molar-refractivity contribution >= 4 is 23.3 Å². The molecule has 0 aliphatic heterocycles. The Morgan fingerprint density at radius 2 is 1.62 bits per heavy atom. The average Bonchev–Trinajstić information content (AvgIpc) is 2.41. The van der Waals surface area contributed by atoms with Crippen LogP contribution < -0.4 is 10.6 Å². The van der Waals surface area contributed by atoms with Crippen molar-refractivity contribution in [1.82, 2.24) is 5.32 Å². The molecule has 0 fully saturated rings. The zero-order valence-corrected chi connectivity index (χ0v) is 12.5. The molecule has 0 heterocycles. The topological polar surface area (TPSA) is 41.1 Å². The Morgan fingerprint density at radius 3 is 2.19 bits per heavy atom. The van der Waals surface area contributed by atoms with Crippen LogP contribution in [0.2, 0.25) is 5.02 Å². The Kier molecular flexibility index (Phi) is 4.48. The first kappa shape index (κ1) is 15.3. The molecule has 0 aliphatic carbocycles. The lowest BCUT2D eigenvalue weighted by molar-refractivity contribution is 0.242. The average molecular weight is 307 g/mol. The van der Waals surface area contributed by atoms with Crippen molar-refractivity contribution in [1.29, 1.82) is 0 Å². The van der Waals surface area contributed by atoms with Crippen molar-refractivity contribution < 1.29 is 9.18 Å². The van der Waals surface area contributed by atoms with Crippen molar-refractivity contribution in [3.8, 4) is 0 Å². The van der Waals surface area contributed by atoms with E-state index in [0.29, 0.717) is 10.7 Å². The van der Waals surface area contributed by atoms with Gasteiger partial charge in [0.25, 0.3) is 0 Å². The van der Waals surface area contributed by atoms with Crippen LogP contribution >= 0.6 is 11.6 Å². The number of benzene rings is 2. The van der Waals surface area contributed by atoms with E-state index in [0.717, 1.165) is 5.56 Å². The van der Waals surface area contributed by atoms with Gasteiger partial charge in [0.05, 0.1) is 5.54 Å². The minimum Gasteiger partial charge on any atom is -0.329 e. The summed E-state index contributed by atoms with van der Waals surface area (Å²) in [6.07, 6.45) is 0. The number of rotatable bonds is 3. The van der Waals surface area contributed by atoms with Gasteiger partial charge in [-0.1, -0.05) is 23.7 Å². The molecule has 0 saturated carbocycles. The number of hydrogen-bond donors (Lipinski definition) is 2. The quantitative estimate of drug-likeness (QED) is 0.859. The maximum atomic E-state index is 12.8. The van der Waals surface area contributed by atoms with Crippen LogP contribution in [-0.4, -0.2) is 6.03 Å². The molecular formula is C16H16ClFN2O. The lowest BCUT2D eigenvalue weighted by Gasteiger charge is -2.27. The smallest absolute Gasteiger partial charge is 0.319 e. The highest BCUT2D eigenvalue weighted by atomic mass is 35.5. The van der Waals surface area contributed by atoms with Gasteiger partial charge in [-0.05, 0) is 55.8 Å². The molecule has 5 heteroatoms. The molecule has 110 valence electrons. The molecule has 2 amide bonds. The number of carbonyl (C=O) groups excluding carboxylic acids is 1. The maximum Gasteiger partial charge on any atom is 0.319 e. The third kappa shape index (κ3) is 4.20. The summed E-state index contributed by atoms with van der Waals surface area (Å²) < 4.78 is 12.8. The molecule has 0 unspecified atom stereocenters. The summed E-state index contributed by atoms with van der Waals surface area (Å²) in [5.74, 6) is -0.345. The lowest BCUT2D eigenvalue weighted by Crippen LogP contribution is -2.43. The number of halogens is 2. The van der Waals surface area contributed by atoms with E-state index < -0.39 is 5.54 Å². The molecule has 2 aromatic rings. The fourth-order valence-electron chi connectivity index (χ4n) is 1.92. The fraction of sp³-hybridized carbons (Fsp3) is 0.188. The molecule has 3 nitrogen and oxygen atoms in total. The van der Waals surface area contributed by atoms with Crippen LogP contribution in [0.25, 0.3) is 0 Å². The van der Waals surface area contributed by atoms with Gasteiger partial charge in [-0.3, -0.25) is 0 Å². The van der Waals surface area contributed by atoms with E-state index in [4.69, 9.17) is 11.6 Å². The van der Waals surface area contributed by atoms with Crippen molar-refractivity contribution in [3.05, 3.63) is 64.9 Å². The van der Waals surface area contributed by atoms with Crippen LogP contribution in [0.4, 0.5) is 14.9 Å². The highest BCUT2D eigenvalue weighted by Gasteiger charge is 2.22. The summed E-state index contributed by atoms with van der Waals surface area (Å²) in [7, 11) is 0. The molecule has 0 saturated heterocycles. The van der Waals surface area contributed by atoms with Crippen LogP contribution in [0.3, 0.4) is 0 Å². The second-order valence-corrected chi connectivity index (χ2v) is 5.65. The third-order valence-electron chi connectivity index (χ3n) is 3.09. The standard InChI is InChI=1S/C16H16ClFN2O/c1-16(2,11-3-5-12(17)6-4-11)20-15(21)19-14-9-7-13(18)8-10-14/h3-10H,1-2H3,(H2,19,20,21). The summed E-state index contributed by atoms with van der Waals surface area (Å²) in [5, 5.41) is 6.18. The van der Waals surface area contributed by atoms with Gasteiger partial charge in [-0.25, -0.2) is 9.18 Å². The van der Waals surface area contributed by atoms with Gasteiger partial charge in [0.1, 0.15) is 5.82 Å². The Morgan fingerprint density at radius 1 is 1.05 bits per heavy atom. The molecule has 2 N–H and O–H groups in total. The van der Waals surface area contributed by atoms with Crippen LogP contribution in [0.15, 0.2) is 48.5 Å². The largest absolute Gasteiger partial charge is 0.329 e. The van der Waals surface area contributed by atoms with Gasteiger partial charge >= 0.3 is 6.03 Å². The molecule has 2 rings (SSSR count). The van der Waals surface area contributed by atoms with Gasteiger partial charge in [-0.2, -0.15) is 0 Å². The maximum absolute atomic E-state index is 12.8. The monoisotopic (exact) mass is 306 g/mol. The van der Waals surface area contributed by atoms with Crippen molar-refractivity contribution in [3.63, 3.8) is 0 Å². The summed E-state index contributed by atoms with van der Waals surface area (Å²) in [6, 6.07) is 12.5. The number of urea groups is 1. The number of hydrogen-bond acceptors (Lipinski definition) is 1. The fourth-order valence-corrected chi connectivity index (χ4v) is 2.04. The van der Waals surface area contributed by atoms with Crippen molar-refractivity contribution in [2.75, 3.05) is 5.32 Å². The molecule has 0 aliphatic rings. The van der Waals surface area contributed by atoms with E-state index in [9.17, 15) is 9.18 Å². The van der Waals surface area contributed by atoms with E-state index in [1.807, 2.05) is 26.0 Å². The predicted octanol–water partition coefficient (Wildman–Crippen LogP) is 4.54. The molecular weight excluding hydrogens is 291 g/mol. The van der Waals surface area contributed by atoms with Gasteiger partial charge in [0.15, 0.2) is 0 Å². The lowest BCUT2D eigenvalue weighted by atomic mass is 9.94. The van der Waals surface area contributed by atoms with Crippen molar-refractivity contribution in [2.24, 2.45) is 0 Å². The summed E-state index contributed by atoms with van der Waals surface area (Å²) in [5.41, 5.74) is 0.899. The highest BCUT2D eigenvalue weighted by Crippen LogP contribution is 2.22. The number of amides is 2. The molecule has 2 aromatic carbocycles. The summed E-state index contributed by atoms with van der Waals surface area (Å²) in [4.78, 5) is 12.0. The minimum atomic E-state index is -0.561. The van der Waals surface area contributed by atoms with E-state index in [1.165, 1.54) is 24.3 Å². The molecule has 0 atom stereocenters. The molecule has 0 bridgehead atoms. The van der Waals surface area contributed by atoms with Gasteiger partial charge in [0.2, 0.25) is 0 Å². The predicted molar refractivity (Wildman–Crippen MR) is 83.0 cm³/mol. The van der Waals surface area contributed by atoms with E-state index in [2.05, 4.69) is 10.6 Å². The Labute approximate surface area is 128 Å². The normalized spacial score (nSPS) is 11.0. The van der Waals surface area contributed by atoms with E-state index >= 15 is 0 Å². The van der Waals surface area contributed by atoms with Gasteiger partial charge in [0, 0.05) is 10.7 Å². The summed E-state index contributed by atoms with van der Waals surface area (Å²) >= 11 is 5.86. The summed E-state index contributed by atoms with van der Waals surface area (Å²) in [6.45, 7) is 3.78. The first-order chi connectivity index (χ1) is 9.87. The second-order valence-electron chi connectivity index (χ2n) is 5.22. The van der Waals surface area contributed by atoms with Crippen LogP contribution in [0.5, 0.6) is 0 Å². The molecule has 0 radical (unpaired) electrons. The van der Waals surface area contributed by atoms with E-state index in [1.54, 1.807) is 12.1 Å². The second kappa shape index (κ2) is 6.14. The molecule has 0 aromatic heterocycles. The highest BCUT2D eigenvalue weighted by molar-refractivity contribution is 6.30. The van der Waals surface area contributed by atoms with Crippen LogP contribution in [0, 0.1) is 5.82 Å². The zero-order valence-electron chi connectivity index (χ0n) is 11.8. The van der Waals surface area contributed by atoms with Gasteiger partial charge in [-0.15, -0.1) is 0 Å². The number of nitrogens with one attached hydrogen (secondary N) is 2. The van der Waals surface area contributed by atoms with Crippen LogP contribution in [-0.2, 0) is 5.54 Å². The first-order valence-electron chi connectivity index (χ1n) is 6.47. The number of anilines is 1. The van der Waals surface area contributed by atoms with Gasteiger partial charge < -0.3 is 10.6 Å². The zero-order chi connectivity index (χ0) is 15.5.